The smallest absolute Gasteiger partial charge is 0.252 e. The first-order valence-electron chi connectivity index (χ1n) is 9.76. The Labute approximate surface area is 179 Å². The number of carbonyl (C=O) groups excluding carboxylic acids is 1. The van der Waals surface area contributed by atoms with E-state index in [4.69, 9.17) is 14.5 Å². The second-order valence-electron chi connectivity index (χ2n) is 6.74. The Morgan fingerprint density at radius 2 is 2.03 bits per heavy atom. The van der Waals surface area contributed by atoms with Gasteiger partial charge in [0.25, 0.3) is 5.91 Å². The standard InChI is InChI=1S/C22H26BrN3O3/c1-5-11-29-20-16(23)12-15(13-19(20)28-4)22(27)24-14(3)21-25-17-9-7-8-10-18(17)26(21)6-2/h7-10,12-14H,5-6,11H2,1-4H3,(H,24,27). The van der Waals surface area contributed by atoms with Crippen LogP contribution in [0.2, 0.25) is 0 Å². The van der Waals surface area contributed by atoms with Gasteiger partial charge in [-0.15, -0.1) is 0 Å². The highest BCUT2D eigenvalue weighted by Gasteiger charge is 2.20. The maximum atomic E-state index is 12.9. The van der Waals surface area contributed by atoms with Gasteiger partial charge < -0.3 is 19.4 Å². The lowest BCUT2D eigenvalue weighted by atomic mass is 10.1. The van der Waals surface area contributed by atoms with Crippen molar-refractivity contribution >= 4 is 32.9 Å². The summed E-state index contributed by atoms with van der Waals surface area (Å²) in [4.78, 5) is 17.6. The van der Waals surface area contributed by atoms with E-state index in [1.165, 1.54) is 0 Å². The number of rotatable bonds is 8. The van der Waals surface area contributed by atoms with Gasteiger partial charge in [-0.2, -0.15) is 0 Å². The van der Waals surface area contributed by atoms with Crippen LogP contribution in [0, 0.1) is 0 Å². The van der Waals surface area contributed by atoms with E-state index in [2.05, 4.69) is 32.7 Å². The highest BCUT2D eigenvalue weighted by atomic mass is 79.9. The minimum absolute atomic E-state index is 0.201. The van der Waals surface area contributed by atoms with Gasteiger partial charge in [0, 0.05) is 12.1 Å². The third-order valence-corrected chi connectivity index (χ3v) is 5.27. The first-order valence-corrected chi connectivity index (χ1v) is 10.6. The molecule has 0 saturated carbocycles. The molecule has 0 radical (unpaired) electrons. The molecule has 1 atom stereocenters. The third kappa shape index (κ3) is 4.40. The summed E-state index contributed by atoms with van der Waals surface area (Å²) < 4.78 is 14.0. The van der Waals surface area contributed by atoms with Gasteiger partial charge in [-0.05, 0) is 60.5 Å². The van der Waals surface area contributed by atoms with E-state index in [1.54, 1.807) is 19.2 Å². The molecule has 6 nitrogen and oxygen atoms in total. The largest absolute Gasteiger partial charge is 0.493 e. The van der Waals surface area contributed by atoms with E-state index in [9.17, 15) is 4.79 Å². The number of amides is 1. The number of carbonyl (C=O) groups is 1. The molecule has 1 aromatic heterocycles. The van der Waals surface area contributed by atoms with Crippen LogP contribution in [0.3, 0.4) is 0 Å². The average Bonchev–Trinajstić information content (AvgIpc) is 3.11. The molecule has 0 bridgehead atoms. The van der Waals surface area contributed by atoms with Crippen LogP contribution < -0.4 is 14.8 Å². The van der Waals surface area contributed by atoms with E-state index < -0.39 is 0 Å². The van der Waals surface area contributed by atoms with Crippen molar-refractivity contribution in [2.24, 2.45) is 0 Å². The molecule has 2 aromatic carbocycles. The number of nitrogens with one attached hydrogen (secondary N) is 1. The maximum absolute atomic E-state index is 12.9. The van der Waals surface area contributed by atoms with Crippen molar-refractivity contribution in [3.05, 3.63) is 52.3 Å². The number of benzene rings is 2. The maximum Gasteiger partial charge on any atom is 0.252 e. The fourth-order valence-corrected chi connectivity index (χ4v) is 3.85. The lowest BCUT2D eigenvalue weighted by Crippen LogP contribution is -2.28. The minimum atomic E-state index is -0.254. The molecule has 0 spiro atoms. The third-order valence-electron chi connectivity index (χ3n) is 4.68. The number of aryl methyl sites for hydroxylation is 1. The molecule has 3 rings (SSSR count). The van der Waals surface area contributed by atoms with Gasteiger partial charge in [-0.1, -0.05) is 19.1 Å². The van der Waals surface area contributed by atoms with Crippen LogP contribution in [-0.2, 0) is 6.54 Å². The number of nitrogens with zero attached hydrogens (tertiary/aromatic N) is 2. The van der Waals surface area contributed by atoms with E-state index in [1.807, 2.05) is 38.1 Å². The first kappa shape index (κ1) is 21.2. The van der Waals surface area contributed by atoms with Crippen molar-refractivity contribution in [1.29, 1.82) is 0 Å². The molecule has 0 aliphatic rings. The summed E-state index contributed by atoms with van der Waals surface area (Å²) >= 11 is 3.49. The average molecular weight is 460 g/mol. The molecular formula is C22H26BrN3O3. The summed E-state index contributed by atoms with van der Waals surface area (Å²) in [5.41, 5.74) is 2.48. The van der Waals surface area contributed by atoms with Crippen LogP contribution in [0.4, 0.5) is 0 Å². The van der Waals surface area contributed by atoms with Gasteiger partial charge >= 0.3 is 0 Å². The lowest BCUT2D eigenvalue weighted by Gasteiger charge is -2.17. The normalized spacial score (nSPS) is 12.0. The van der Waals surface area contributed by atoms with Crippen molar-refractivity contribution in [2.45, 2.75) is 39.8 Å². The van der Waals surface area contributed by atoms with Crippen LogP contribution >= 0.6 is 15.9 Å². The van der Waals surface area contributed by atoms with Crippen LogP contribution in [0.15, 0.2) is 40.9 Å². The van der Waals surface area contributed by atoms with Gasteiger partial charge in [0.2, 0.25) is 0 Å². The van der Waals surface area contributed by atoms with Gasteiger partial charge in [-0.25, -0.2) is 4.98 Å². The van der Waals surface area contributed by atoms with Crippen molar-refractivity contribution < 1.29 is 14.3 Å². The van der Waals surface area contributed by atoms with Gasteiger partial charge in [0.1, 0.15) is 5.82 Å². The fourth-order valence-electron chi connectivity index (χ4n) is 3.30. The predicted molar refractivity (Wildman–Crippen MR) is 118 cm³/mol. The Morgan fingerprint density at radius 3 is 2.72 bits per heavy atom. The number of fused-ring (bicyclic) bond motifs is 1. The summed E-state index contributed by atoms with van der Waals surface area (Å²) in [6, 6.07) is 11.2. The van der Waals surface area contributed by atoms with E-state index in [-0.39, 0.29) is 11.9 Å². The monoisotopic (exact) mass is 459 g/mol. The number of imidazole rings is 1. The molecular weight excluding hydrogens is 434 g/mol. The van der Waals surface area contributed by atoms with Gasteiger partial charge in [0.15, 0.2) is 11.5 Å². The molecule has 7 heteroatoms. The predicted octanol–water partition coefficient (Wildman–Crippen LogP) is 5.11. The second-order valence-corrected chi connectivity index (χ2v) is 7.59. The molecule has 154 valence electrons. The Bertz CT molecular complexity index is 1020. The Balaban J connectivity index is 1.86. The zero-order chi connectivity index (χ0) is 21.0. The number of ether oxygens (including phenoxy) is 2. The minimum Gasteiger partial charge on any atom is -0.493 e. The molecule has 0 fully saturated rings. The highest BCUT2D eigenvalue weighted by Crippen LogP contribution is 2.37. The summed E-state index contributed by atoms with van der Waals surface area (Å²) in [6.07, 6.45) is 0.883. The van der Waals surface area contributed by atoms with Crippen LogP contribution in [0.25, 0.3) is 11.0 Å². The zero-order valence-electron chi connectivity index (χ0n) is 17.2. The summed E-state index contributed by atoms with van der Waals surface area (Å²) in [5.74, 6) is 1.75. The Kier molecular flexibility index (Phi) is 6.79. The molecule has 1 N–H and O–H groups in total. The second kappa shape index (κ2) is 9.31. The van der Waals surface area contributed by atoms with Crippen molar-refractivity contribution in [2.75, 3.05) is 13.7 Å². The topological polar surface area (TPSA) is 65.4 Å². The van der Waals surface area contributed by atoms with Gasteiger partial charge in [-0.3, -0.25) is 4.79 Å². The molecule has 0 aliphatic carbocycles. The van der Waals surface area contributed by atoms with Crippen LogP contribution in [0.1, 0.15) is 49.4 Å². The van der Waals surface area contributed by atoms with E-state index in [0.717, 1.165) is 29.8 Å². The quantitative estimate of drug-likeness (QED) is 0.508. The summed E-state index contributed by atoms with van der Waals surface area (Å²) in [6.45, 7) is 7.40. The fraction of sp³-hybridized carbons (Fsp3) is 0.364. The SMILES string of the molecule is CCCOc1c(Br)cc(C(=O)NC(C)c2nc3ccccc3n2CC)cc1OC. The van der Waals surface area contributed by atoms with Crippen molar-refractivity contribution in [3.63, 3.8) is 0 Å². The molecule has 1 heterocycles. The van der Waals surface area contributed by atoms with Crippen molar-refractivity contribution in [1.82, 2.24) is 14.9 Å². The molecule has 1 amide bonds. The Hall–Kier alpha value is -2.54. The van der Waals surface area contributed by atoms with E-state index in [0.29, 0.717) is 28.1 Å². The molecule has 0 saturated heterocycles. The van der Waals surface area contributed by atoms with Crippen molar-refractivity contribution in [3.8, 4) is 11.5 Å². The molecule has 0 aliphatic heterocycles. The number of para-hydroxylation sites is 2. The van der Waals surface area contributed by atoms with Gasteiger partial charge in [0.05, 0.1) is 35.3 Å². The molecule has 1 unspecified atom stereocenters. The number of halogens is 1. The zero-order valence-corrected chi connectivity index (χ0v) is 18.7. The molecule has 29 heavy (non-hydrogen) atoms. The Morgan fingerprint density at radius 1 is 1.28 bits per heavy atom. The first-order chi connectivity index (χ1) is 14.0. The van der Waals surface area contributed by atoms with E-state index >= 15 is 0 Å². The number of methoxy groups -OCH3 is 1. The lowest BCUT2D eigenvalue weighted by molar-refractivity contribution is 0.0937. The number of aromatic nitrogens is 2. The number of hydrogen-bond donors (Lipinski definition) is 1. The number of hydrogen-bond acceptors (Lipinski definition) is 4. The summed E-state index contributed by atoms with van der Waals surface area (Å²) in [5, 5.41) is 3.05. The highest BCUT2D eigenvalue weighted by molar-refractivity contribution is 9.10. The van der Waals surface area contributed by atoms with Crippen LogP contribution in [-0.4, -0.2) is 29.2 Å². The van der Waals surface area contributed by atoms with Crippen LogP contribution in [0.5, 0.6) is 11.5 Å². The summed E-state index contributed by atoms with van der Waals surface area (Å²) in [7, 11) is 1.56. The molecule has 3 aromatic rings.